The number of nitrogens with zero attached hydrogens (tertiary/aromatic N) is 5. The second-order valence-electron chi connectivity index (χ2n) is 8.18. The monoisotopic (exact) mass is 484 g/mol. The molecule has 0 saturated carbocycles. The lowest BCUT2D eigenvalue weighted by Crippen LogP contribution is -2.41. The molecule has 36 heavy (non-hydrogen) atoms. The fourth-order valence-electron chi connectivity index (χ4n) is 4.28. The Kier molecular flexibility index (Phi) is 5.58. The van der Waals surface area contributed by atoms with Crippen molar-refractivity contribution < 1.29 is 0 Å². The molecule has 0 unspecified atom stereocenters. The van der Waals surface area contributed by atoms with Crippen molar-refractivity contribution in [2.45, 2.75) is 5.54 Å². The highest BCUT2D eigenvalue weighted by molar-refractivity contribution is 7.16. The summed E-state index contributed by atoms with van der Waals surface area (Å²) in [5.41, 5.74) is 11.2. The van der Waals surface area contributed by atoms with Gasteiger partial charge in [0.05, 0.1) is 21.6 Å². The molecule has 6 rings (SSSR count). The largest absolute Gasteiger partial charge is 0.313 e. The smallest absolute Gasteiger partial charge is 0.156 e. The van der Waals surface area contributed by atoms with Gasteiger partial charge in [0.15, 0.2) is 5.65 Å². The van der Waals surface area contributed by atoms with E-state index < -0.39 is 5.54 Å². The number of hydrogen-bond acceptors (Lipinski definition) is 6. The minimum atomic E-state index is -1.07. The number of thiophene rings is 1. The molecule has 0 radical (unpaired) electrons. The van der Waals surface area contributed by atoms with Gasteiger partial charge in [-0.2, -0.15) is 0 Å². The summed E-state index contributed by atoms with van der Waals surface area (Å²) in [6.07, 6.45) is 12.4. The van der Waals surface area contributed by atoms with Gasteiger partial charge < -0.3 is 5.73 Å². The number of nitrogens with two attached hydrogens (primary N) is 1. The predicted octanol–water partition coefficient (Wildman–Crippen LogP) is 4.90. The number of rotatable bonds is 4. The van der Waals surface area contributed by atoms with Crippen molar-refractivity contribution >= 4 is 17.0 Å². The van der Waals surface area contributed by atoms with Crippen LogP contribution in [0.25, 0.3) is 16.2 Å². The van der Waals surface area contributed by atoms with E-state index in [-0.39, 0.29) is 0 Å². The lowest BCUT2D eigenvalue weighted by Gasteiger charge is -2.31. The van der Waals surface area contributed by atoms with Crippen LogP contribution in [0.1, 0.15) is 27.3 Å². The van der Waals surface area contributed by atoms with Gasteiger partial charge in [0.2, 0.25) is 0 Å². The van der Waals surface area contributed by atoms with E-state index in [2.05, 4.69) is 26.8 Å². The van der Waals surface area contributed by atoms with Crippen LogP contribution in [-0.4, -0.2) is 24.3 Å². The topological polar surface area (TPSA) is 82.0 Å². The minimum absolute atomic E-state index is 0.704. The Morgan fingerprint density at radius 3 is 2.17 bits per heavy atom. The summed E-state index contributed by atoms with van der Waals surface area (Å²) in [5, 5.41) is 0. The Bertz CT molecular complexity index is 1660. The van der Waals surface area contributed by atoms with Gasteiger partial charge in [0, 0.05) is 53.9 Å². The fraction of sp³-hybridized carbons (Fsp3) is 0.0345. The number of hydrogen-bond donors (Lipinski definition) is 1. The molecule has 0 saturated heterocycles. The van der Waals surface area contributed by atoms with Crippen molar-refractivity contribution in [3.63, 3.8) is 0 Å². The molecule has 0 aliphatic carbocycles. The molecule has 5 heterocycles. The van der Waals surface area contributed by atoms with Gasteiger partial charge in [-0.15, -0.1) is 11.3 Å². The van der Waals surface area contributed by atoms with E-state index in [1.165, 1.54) is 0 Å². The van der Waals surface area contributed by atoms with Gasteiger partial charge in [-0.1, -0.05) is 42.2 Å². The molecule has 1 aromatic carbocycles. The maximum Gasteiger partial charge on any atom is 0.156 e. The van der Waals surface area contributed by atoms with Crippen LogP contribution in [-0.2, 0) is 5.54 Å². The Morgan fingerprint density at radius 2 is 1.47 bits per heavy atom. The van der Waals surface area contributed by atoms with Crippen molar-refractivity contribution in [3.05, 3.63) is 137 Å². The van der Waals surface area contributed by atoms with E-state index >= 15 is 0 Å². The second kappa shape index (κ2) is 9.19. The highest BCUT2D eigenvalue weighted by Crippen LogP contribution is 2.41. The molecule has 5 aromatic heterocycles. The molecular formula is C29H20N6S. The Morgan fingerprint density at radius 1 is 0.750 bits per heavy atom. The van der Waals surface area contributed by atoms with Crippen LogP contribution in [0.5, 0.6) is 0 Å². The molecule has 2 N–H and O–H groups in total. The number of benzene rings is 1. The van der Waals surface area contributed by atoms with Gasteiger partial charge >= 0.3 is 0 Å². The quantitative estimate of drug-likeness (QED) is 0.360. The number of imidazole rings is 1. The number of aromatic nitrogens is 5. The highest BCUT2D eigenvalue weighted by atomic mass is 32.1. The van der Waals surface area contributed by atoms with E-state index in [9.17, 15) is 0 Å². The van der Waals surface area contributed by atoms with Crippen LogP contribution in [0.15, 0.2) is 110 Å². The first-order valence-corrected chi connectivity index (χ1v) is 12.1. The average Bonchev–Trinajstić information content (AvgIpc) is 3.58. The Hall–Kier alpha value is -4.64. The molecule has 6 aromatic rings. The van der Waals surface area contributed by atoms with Crippen molar-refractivity contribution in [3.8, 4) is 22.4 Å². The van der Waals surface area contributed by atoms with Crippen LogP contribution in [0.3, 0.4) is 0 Å². The molecule has 6 nitrogen and oxygen atoms in total. The second-order valence-corrected chi connectivity index (χ2v) is 9.27. The van der Waals surface area contributed by atoms with Crippen molar-refractivity contribution in [2.75, 3.05) is 0 Å². The first kappa shape index (κ1) is 21.9. The molecule has 0 aliphatic heterocycles. The summed E-state index contributed by atoms with van der Waals surface area (Å²) < 4.78 is 2.00. The number of fused-ring (bicyclic) bond motifs is 1. The average molecular weight is 485 g/mol. The van der Waals surface area contributed by atoms with Gasteiger partial charge in [0.25, 0.3) is 0 Å². The first-order chi connectivity index (χ1) is 17.7. The van der Waals surface area contributed by atoms with Crippen LogP contribution >= 0.6 is 11.3 Å². The van der Waals surface area contributed by atoms with Gasteiger partial charge in [-0.05, 0) is 36.4 Å². The van der Waals surface area contributed by atoms with Crippen LogP contribution in [0, 0.1) is 11.8 Å². The third kappa shape index (κ3) is 3.85. The van der Waals surface area contributed by atoms with Crippen LogP contribution < -0.4 is 5.73 Å². The maximum absolute atomic E-state index is 7.37. The zero-order chi connectivity index (χ0) is 24.4. The molecule has 0 atom stereocenters. The Balaban J connectivity index is 1.57. The molecule has 7 heteroatoms. The summed E-state index contributed by atoms with van der Waals surface area (Å²) in [4.78, 5) is 19.9. The van der Waals surface area contributed by atoms with Crippen molar-refractivity contribution in [2.24, 2.45) is 5.73 Å². The van der Waals surface area contributed by atoms with E-state index in [1.54, 1.807) is 48.5 Å². The summed E-state index contributed by atoms with van der Waals surface area (Å²) in [6, 6.07) is 21.8. The van der Waals surface area contributed by atoms with E-state index in [0.717, 1.165) is 37.8 Å². The fourth-order valence-corrected chi connectivity index (χ4v) is 5.13. The standard InChI is InChI=1S/C29H20N6S/c30-29(22-8-4-14-31-18-22,23-9-5-15-32-19-23)28-27(34-26-20-33-16-17-35(26)28)25-13-12-24(36-25)11-10-21-6-2-1-3-7-21/h1-9,12-20H,30H2. The summed E-state index contributed by atoms with van der Waals surface area (Å²) in [7, 11) is 0. The first-order valence-electron chi connectivity index (χ1n) is 11.3. The molecule has 172 valence electrons. The molecule has 0 aliphatic rings. The van der Waals surface area contributed by atoms with Crippen molar-refractivity contribution in [1.82, 2.24) is 24.3 Å². The van der Waals surface area contributed by atoms with Crippen LogP contribution in [0.2, 0.25) is 0 Å². The lowest BCUT2D eigenvalue weighted by molar-refractivity contribution is 0.618. The van der Waals surface area contributed by atoms with Crippen molar-refractivity contribution in [1.29, 1.82) is 0 Å². The molecule has 0 bridgehead atoms. The van der Waals surface area contributed by atoms with Crippen LogP contribution in [0.4, 0.5) is 0 Å². The third-order valence-corrected chi connectivity index (χ3v) is 6.99. The lowest BCUT2D eigenvalue weighted by atomic mass is 9.81. The minimum Gasteiger partial charge on any atom is -0.313 e. The maximum atomic E-state index is 7.37. The van der Waals surface area contributed by atoms with E-state index in [4.69, 9.17) is 10.7 Å². The highest BCUT2D eigenvalue weighted by Gasteiger charge is 2.39. The molecule has 0 spiro atoms. The summed E-state index contributed by atoms with van der Waals surface area (Å²) in [6.45, 7) is 0. The normalized spacial score (nSPS) is 11.2. The summed E-state index contributed by atoms with van der Waals surface area (Å²) >= 11 is 1.58. The van der Waals surface area contributed by atoms with E-state index in [0.29, 0.717) is 5.65 Å². The zero-order valence-electron chi connectivity index (χ0n) is 19.1. The molecular weight excluding hydrogens is 464 g/mol. The van der Waals surface area contributed by atoms with Gasteiger partial charge in [0.1, 0.15) is 11.2 Å². The third-order valence-electron chi connectivity index (χ3n) is 5.98. The zero-order valence-corrected chi connectivity index (χ0v) is 19.9. The van der Waals surface area contributed by atoms with Gasteiger partial charge in [-0.3, -0.25) is 19.4 Å². The molecule has 0 amide bonds. The predicted molar refractivity (Wildman–Crippen MR) is 141 cm³/mol. The molecule has 0 fully saturated rings. The number of pyridine rings is 2. The SMILES string of the molecule is NC(c1cccnc1)(c1cccnc1)c1c(-c2ccc(C#Cc3ccccc3)s2)nc2cnccn12. The summed E-state index contributed by atoms with van der Waals surface area (Å²) in [5.74, 6) is 6.51. The Labute approximate surface area is 212 Å². The van der Waals surface area contributed by atoms with E-state index in [1.807, 2.05) is 77.3 Å². The van der Waals surface area contributed by atoms with Gasteiger partial charge in [-0.25, -0.2) is 4.98 Å².